The maximum atomic E-state index is 12.2. The van der Waals surface area contributed by atoms with Crippen LogP contribution in [0.4, 0.5) is 5.69 Å². The van der Waals surface area contributed by atoms with Gasteiger partial charge in [0.25, 0.3) is 0 Å². The van der Waals surface area contributed by atoms with E-state index in [4.69, 9.17) is 0 Å². The van der Waals surface area contributed by atoms with Gasteiger partial charge in [-0.05, 0) is 31.0 Å². The molecule has 5 nitrogen and oxygen atoms in total. The summed E-state index contributed by atoms with van der Waals surface area (Å²) in [5, 5.41) is 2.84. The first-order chi connectivity index (χ1) is 9.91. The van der Waals surface area contributed by atoms with E-state index >= 15 is 0 Å². The van der Waals surface area contributed by atoms with Crippen LogP contribution in [-0.4, -0.2) is 32.7 Å². The average molecular weight is 310 g/mol. The predicted octanol–water partition coefficient (Wildman–Crippen LogP) is 2.46. The van der Waals surface area contributed by atoms with Crippen LogP contribution in [0.25, 0.3) is 0 Å². The van der Waals surface area contributed by atoms with E-state index in [1.165, 1.54) is 32.6 Å². The van der Waals surface area contributed by atoms with Crippen molar-refractivity contribution in [2.75, 3.05) is 19.4 Å². The zero-order valence-corrected chi connectivity index (χ0v) is 13.3. The molecule has 0 saturated heterocycles. The second kappa shape index (κ2) is 6.58. The molecule has 116 valence electrons. The second-order valence-corrected chi connectivity index (χ2v) is 7.79. The van der Waals surface area contributed by atoms with Gasteiger partial charge in [0.2, 0.25) is 15.9 Å². The van der Waals surface area contributed by atoms with Crippen LogP contribution in [0.2, 0.25) is 0 Å². The fourth-order valence-electron chi connectivity index (χ4n) is 2.55. The standard InChI is InChI=1S/C15H22N2O3S/c1-17(2)21(19,20)14-10-6-9-13(11-14)16-15(18)12-7-4-3-5-8-12/h6,9-12H,3-5,7-8H2,1-2H3,(H,16,18). The fourth-order valence-corrected chi connectivity index (χ4v) is 3.50. The van der Waals surface area contributed by atoms with Gasteiger partial charge in [-0.3, -0.25) is 4.79 Å². The Morgan fingerprint density at radius 2 is 1.86 bits per heavy atom. The molecule has 6 heteroatoms. The third-order valence-corrected chi connectivity index (χ3v) is 5.67. The molecule has 1 aromatic carbocycles. The topological polar surface area (TPSA) is 66.5 Å². The quantitative estimate of drug-likeness (QED) is 0.929. The van der Waals surface area contributed by atoms with Gasteiger partial charge < -0.3 is 5.32 Å². The van der Waals surface area contributed by atoms with E-state index in [1.807, 2.05) is 0 Å². The van der Waals surface area contributed by atoms with Crippen LogP contribution in [0.15, 0.2) is 29.2 Å². The highest BCUT2D eigenvalue weighted by atomic mass is 32.2. The number of hydrogen-bond acceptors (Lipinski definition) is 3. The summed E-state index contributed by atoms with van der Waals surface area (Å²) in [4.78, 5) is 12.4. The largest absolute Gasteiger partial charge is 0.326 e. The molecule has 0 bridgehead atoms. The Morgan fingerprint density at radius 1 is 1.19 bits per heavy atom. The fraction of sp³-hybridized carbons (Fsp3) is 0.533. The molecule has 1 aliphatic rings. The highest BCUT2D eigenvalue weighted by Crippen LogP contribution is 2.25. The molecule has 21 heavy (non-hydrogen) atoms. The zero-order valence-electron chi connectivity index (χ0n) is 12.5. The summed E-state index contributed by atoms with van der Waals surface area (Å²) < 4.78 is 25.3. The molecule has 0 aromatic heterocycles. The summed E-state index contributed by atoms with van der Waals surface area (Å²) in [6, 6.07) is 6.41. The molecule has 1 saturated carbocycles. The van der Waals surface area contributed by atoms with Crippen molar-refractivity contribution in [3.8, 4) is 0 Å². The van der Waals surface area contributed by atoms with Crippen molar-refractivity contribution < 1.29 is 13.2 Å². The monoisotopic (exact) mass is 310 g/mol. The molecule has 1 amide bonds. The van der Waals surface area contributed by atoms with Crippen molar-refractivity contribution in [3.63, 3.8) is 0 Å². The number of anilines is 1. The van der Waals surface area contributed by atoms with E-state index in [0.29, 0.717) is 5.69 Å². The third-order valence-electron chi connectivity index (χ3n) is 3.86. The number of sulfonamides is 1. The Bertz CT molecular complexity index is 605. The Morgan fingerprint density at radius 3 is 2.48 bits per heavy atom. The van der Waals surface area contributed by atoms with Crippen LogP contribution in [0.5, 0.6) is 0 Å². The van der Waals surface area contributed by atoms with E-state index in [1.54, 1.807) is 12.1 Å². The zero-order chi connectivity index (χ0) is 15.5. The van der Waals surface area contributed by atoms with Crippen molar-refractivity contribution in [1.82, 2.24) is 4.31 Å². The molecule has 0 spiro atoms. The number of amides is 1. The van der Waals surface area contributed by atoms with Gasteiger partial charge in [0.05, 0.1) is 4.90 Å². The predicted molar refractivity (Wildman–Crippen MR) is 82.5 cm³/mol. The van der Waals surface area contributed by atoms with Gasteiger partial charge >= 0.3 is 0 Å². The van der Waals surface area contributed by atoms with E-state index < -0.39 is 10.0 Å². The van der Waals surface area contributed by atoms with Gasteiger partial charge in [-0.1, -0.05) is 25.3 Å². The van der Waals surface area contributed by atoms with E-state index in [-0.39, 0.29) is 16.7 Å². The van der Waals surface area contributed by atoms with Crippen LogP contribution in [-0.2, 0) is 14.8 Å². The molecule has 1 aromatic rings. The van der Waals surface area contributed by atoms with Crippen molar-refractivity contribution in [1.29, 1.82) is 0 Å². The van der Waals surface area contributed by atoms with Crippen LogP contribution < -0.4 is 5.32 Å². The molecule has 0 aliphatic heterocycles. The summed E-state index contributed by atoms with van der Waals surface area (Å²) in [7, 11) is -0.501. The minimum Gasteiger partial charge on any atom is -0.326 e. The molecule has 1 N–H and O–H groups in total. The summed E-state index contributed by atoms with van der Waals surface area (Å²) in [5.74, 6) is 0.0435. The second-order valence-electron chi connectivity index (χ2n) is 5.64. The highest BCUT2D eigenvalue weighted by Gasteiger charge is 2.22. The number of carbonyl (C=O) groups excluding carboxylic acids is 1. The van der Waals surface area contributed by atoms with Gasteiger partial charge in [-0.2, -0.15) is 0 Å². The molecule has 0 unspecified atom stereocenters. The molecule has 1 fully saturated rings. The van der Waals surface area contributed by atoms with E-state index in [2.05, 4.69) is 5.32 Å². The number of carbonyl (C=O) groups is 1. The van der Waals surface area contributed by atoms with Crippen LogP contribution in [0, 0.1) is 5.92 Å². The summed E-state index contributed by atoms with van der Waals surface area (Å²) >= 11 is 0. The molecule has 0 radical (unpaired) electrons. The van der Waals surface area contributed by atoms with Gasteiger partial charge in [-0.25, -0.2) is 12.7 Å². The average Bonchev–Trinajstić information content (AvgIpc) is 2.48. The lowest BCUT2D eigenvalue weighted by atomic mass is 9.88. The molecular weight excluding hydrogens is 288 g/mol. The van der Waals surface area contributed by atoms with Crippen molar-refractivity contribution in [2.45, 2.75) is 37.0 Å². The lowest BCUT2D eigenvalue weighted by Crippen LogP contribution is -2.25. The molecule has 1 aliphatic carbocycles. The Labute approximate surface area is 126 Å². The van der Waals surface area contributed by atoms with Crippen LogP contribution >= 0.6 is 0 Å². The van der Waals surface area contributed by atoms with Crippen molar-refractivity contribution in [3.05, 3.63) is 24.3 Å². The Hall–Kier alpha value is -1.40. The van der Waals surface area contributed by atoms with E-state index in [9.17, 15) is 13.2 Å². The molecule has 0 atom stereocenters. The highest BCUT2D eigenvalue weighted by molar-refractivity contribution is 7.89. The number of benzene rings is 1. The van der Waals surface area contributed by atoms with Crippen molar-refractivity contribution >= 4 is 21.6 Å². The molecule has 0 heterocycles. The minimum atomic E-state index is -3.48. The third kappa shape index (κ3) is 3.83. The summed E-state index contributed by atoms with van der Waals surface area (Å²) in [5.41, 5.74) is 0.536. The first-order valence-corrected chi connectivity index (χ1v) is 8.69. The van der Waals surface area contributed by atoms with Gasteiger partial charge in [0.15, 0.2) is 0 Å². The Balaban J connectivity index is 2.13. The molecular formula is C15H22N2O3S. The summed E-state index contributed by atoms with van der Waals surface area (Å²) in [6.07, 6.45) is 5.21. The van der Waals surface area contributed by atoms with Gasteiger partial charge in [-0.15, -0.1) is 0 Å². The maximum Gasteiger partial charge on any atom is 0.242 e. The maximum absolute atomic E-state index is 12.2. The number of nitrogens with zero attached hydrogens (tertiary/aromatic N) is 1. The lowest BCUT2D eigenvalue weighted by Gasteiger charge is -2.21. The number of rotatable bonds is 4. The van der Waals surface area contributed by atoms with Gasteiger partial charge in [0, 0.05) is 25.7 Å². The van der Waals surface area contributed by atoms with E-state index in [0.717, 1.165) is 30.0 Å². The first kappa shape index (κ1) is 16.0. The first-order valence-electron chi connectivity index (χ1n) is 7.25. The van der Waals surface area contributed by atoms with Crippen LogP contribution in [0.3, 0.4) is 0 Å². The molecule has 2 rings (SSSR count). The SMILES string of the molecule is CN(C)S(=O)(=O)c1cccc(NC(=O)C2CCCCC2)c1. The number of hydrogen-bond donors (Lipinski definition) is 1. The number of nitrogens with one attached hydrogen (secondary N) is 1. The van der Waals surface area contributed by atoms with Gasteiger partial charge in [0.1, 0.15) is 0 Å². The van der Waals surface area contributed by atoms with Crippen molar-refractivity contribution in [2.24, 2.45) is 5.92 Å². The lowest BCUT2D eigenvalue weighted by molar-refractivity contribution is -0.120. The summed E-state index contributed by atoms with van der Waals surface area (Å²) in [6.45, 7) is 0. The minimum absolute atomic E-state index is 0.00546. The van der Waals surface area contributed by atoms with Crippen LogP contribution in [0.1, 0.15) is 32.1 Å². The normalized spacial score (nSPS) is 16.9. The smallest absolute Gasteiger partial charge is 0.242 e. The Kier molecular flexibility index (Phi) is 5.00.